The van der Waals surface area contributed by atoms with Crippen molar-refractivity contribution in [2.75, 3.05) is 26.2 Å². The first-order valence-corrected chi connectivity index (χ1v) is 8.32. The van der Waals surface area contributed by atoms with E-state index in [1.807, 2.05) is 24.3 Å². The lowest BCUT2D eigenvalue weighted by Gasteiger charge is -2.20. The van der Waals surface area contributed by atoms with Crippen LogP contribution >= 0.6 is 0 Å². The van der Waals surface area contributed by atoms with E-state index in [-0.39, 0.29) is 6.03 Å². The number of benzene rings is 1. The SMILES string of the molecule is CCCN(CCC)CCNC(=O)NCc1noc2ccccc12. The molecule has 6 heteroatoms. The molecule has 0 bridgehead atoms. The van der Waals surface area contributed by atoms with Crippen molar-refractivity contribution in [2.24, 2.45) is 0 Å². The molecule has 0 fully saturated rings. The number of fused-ring (bicyclic) bond motifs is 1. The monoisotopic (exact) mass is 318 g/mol. The summed E-state index contributed by atoms with van der Waals surface area (Å²) in [6.45, 7) is 8.37. The summed E-state index contributed by atoms with van der Waals surface area (Å²) in [6, 6.07) is 7.45. The fourth-order valence-electron chi connectivity index (χ4n) is 2.59. The van der Waals surface area contributed by atoms with Crippen LogP contribution in [0.3, 0.4) is 0 Å². The molecule has 2 rings (SSSR count). The molecule has 0 aliphatic carbocycles. The van der Waals surface area contributed by atoms with Crippen molar-refractivity contribution < 1.29 is 9.32 Å². The van der Waals surface area contributed by atoms with E-state index in [9.17, 15) is 4.79 Å². The molecule has 0 atom stereocenters. The van der Waals surface area contributed by atoms with E-state index in [0.717, 1.165) is 49.1 Å². The average Bonchev–Trinajstić information content (AvgIpc) is 2.96. The second-order valence-corrected chi connectivity index (χ2v) is 5.58. The van der Waals surface area contributed by atoms with Crippen LogP contribution in [-0.2, 0) is 6.54 Å². The van der Waals surface area contributed by atoms with Gasteiger partial charge >= 0.3 is 6.03 Å². The number of amides is 2. The molecule has 0 radical (unpaired) electrons. The van der Waals surface area contributed by atoms with Crippen molar-refractivity contribution in [3.05, 3.63) is 30.0 Å². The molecule has 0 unspecified atom stereocenters. The predicted molar refractivity (Wildman–Crippen MR) is 91.3 cm³/mol. The molecule has 0 saturated carbocycles. The lowest BCUT2D eigenvalue weighted by molar-refractivity contribution is 0.234. The number of nitrogens with one attached hydrogen (secondary N) is 2. The fraction of sp³-hybridized carbons (Fsp3) is 0.529. The number of urea groups is 1. The van der Waals surface area contributed by atoms with Crippen LogP contribution in [0.5, 0.6) is 0 Å². The highest BCUT2D eigenvalue weighted by molar-refractivity contribution is 5.80. The smallest absolute Gasteiger partial charge is 0.315 e. The van der Waals surface area contributed by atoms with Gasteiger partial charge in [0.25, 0.3) is 0 Å². The maximum absolute atomic E-state index is 11.9. The van der Waals surface area contributed by atoms with E-state index >= 15 is 0 Å². The van der Waals surface area contributed by atoms with Gasteiger partial charge in [-0.25, -0.2) is 4.79 Å². The van der Waals surface area contributed by atoms with Crippen molar-refractivity contribution >= 4 is 17.0 Å². The van der Waals surface area contributed by atoms with Crippen molar-refractivity contribution in [2.45, 2.75) is 33.2 Å². The lowest BCUT2D eigenvalue weighted by atomic mass is 10.2. The maximum atomic E-state index is 11.9. The third-order valence-electron chi connectivity index (χ3n) is 3.66. The third kappa shape index (κ3) is 5.25. The largest absolute Gasteiger partial charge is 0.356 e. The molecular formula is C17H26N4O2. The van der Waals surface area contributed by atoms with Gasteiger partial charge in [-0.2, -0.15) is 0 Å². The van der Waals surface area contributed by atoms with E-state index in [0.29, 0.717) is 13.1 Å². The Morgan fingerprint density at radius 3 is 2.61 bits per heavy atom. The molecular weight excluding hydrogens is 292 g/mol. The first-order chi connectivity index (χ1) is 11.2. The Labute approximate surface area is 137 Å². The van der Waals surface area contributed by atoms with Crippen molar-refractivity contribution in [3.63, 3.8) is 0 Å². The zero-order valence-electron chi connectivity index (χ0n) is 14.0. The highest BCUT2D eigenvalue weighted by atomic mass is 16.5. The Morgan fingerprint density at radius 2 is 1.87 bits per heavy atom. The maximum Gasteiger partial charge on any atom is 0.315 e. The summed E-state index contributed by atoms with van der Waals surface area (Å²) >= 11 is 0. The van der Waals surface area contributed by atoms with E-state index in [2.05, 4.69) is 34.5 Å². The molecule has 0 saturated heterocycles. The first-order valence-electron chi connectivity index (χ1n) is 8.32. The summed E-state index contributed by atoms with van der Waals surface area (Å²) in [5.41, 5.74) is 1.48. The van der Waals surface area contributed by atoms with Crippen LogP contribution in [0.2, 0.25) is 0 Å². The summed E-state index contributed by atoms with van der Waals surface area (Å²) in [5, 5.41) is 10.6. The van der Waals surface area contributed by atoms with E-state index < -0.39 is 0 Å². The van der Waals surface area contributed by atoms with Crippen LogP contribution in [0, 0.1) is 0 Å². The molecule has 2 aromatic rings. The Morgan fingerprint density at radius 1 is 1.13 bits per heavy atom. The first kappa shape index (κ1) is 17.3. The van der Waals surface area contributed by atoms with Crippen molar-refractivity contribution in [3.8, 4) is 0 Å². The zero-order valence-corrected chi connectivity index (χ0v) is 14.0. The molecule has 0 spiro atoms. The number of nitrogens with zero attached hydrogens (tertiary/aromatic N) is 2. The standard InChI is InChI=1S/C17H26N4O2/c1-3-10-21(11-4-2)12-9-18-17(22)19-13-15-14-7-5-6-8-16(14)23-20-15/h5-8H,3-4,9-13H2,1-2H3,(H2,18,19,22). The van der Waals surface area contributed by atoms with Crippen LogP contribution < -0.4 is 10.6 Å². The molecule has 0 aliphatic heterocycles. The number of rotatable bonds is 9. The summed E-state index contributed by atoms with van der Waals surface area (Å²) in [7, 11) is 0. The lowest BCUT2D eigenvalue weighted by Crippen LogP contribution is -2.40. The Bertz CT molecular complexity index is 605. The number of hydrogen-bond donors (Lipinski definition) is 2. The zero-order chi connectivity index (χ0) is 16.5. The van der Waals surface area contributed by atoms with Crippen molar-refractivity contribution in [1.82, 2.24) is 20.7 Å². The Hall–Kier alpha value is -2.08. The molecule has 1 aromatic heterocycles. The van der Waals surface area contributed by atoms with E-state index in [1.165, 1.54) is 0 Å². The van der Waals surface area contributed by atoms with Crippen LogP contribution in [-0.4, -0.2) is 42.3 Å². The van der Waals surface area contributed by atoms with Crippen LogP contribution in [0.15, 0.2) is 28.8 Å². The highest BCUT2D eigenvalue weighted by Crippen LogP contribution is 2.17. The number of carbonyl (C=O) groups excluding carboxylic acids is 1. The van der Waals surface area contributed by atoms with Gasteiger partial charge in [0.1, 0.15) is 5.69 Å². The predicted octanol–water partition coefficient (Wildman–Crippen LogP) is 2.75. The Balaban J connectivity index is 1.72. The topological polar surface area (TPSA) is 70.4 Å². The van der Waals surface area contributed by atoms with Crippen LogP contribution in [0.1, 0.15) is 32.4 Å². The van der Waals surface area contributed by atoms with Crippen LogP contribution in [0.4, 0.5) is 4.79 Å². The van der Waals surface area contributed by atoms with E-state index in [4.69, 9.17) is 4.52 Å². The highest BCUT2D eigenvalue weighted by Gasteiger charge is 2.09. The van der Waals surface area contributed by atoms with Gasteiger partial charge < -0.3 is 20.1 Å². The van der Waals surface area contributed by atoms with E-state index in [1.54, 1.807) is 0 Å². The van der Waals surface area contributed by atoms with Crippen molar-refractivity contribution in [1.29, 1.82) is 0 Å². The van der Waals surface area contributed by atoms with Gasteiger partial charge in [0, 0.05) is 18.5 Å². The summed E-state index contributed by atoms with van der Waals surface area (Å²) in [4.78, 5) is 14.2. The molecule has 1 aromatic carbocycles. The summed E-state index contributed by atoms with van der Waals surface area (Å²) < 4.78 is 5.22. The molecule has 1 heterocycles. The minimum atomic E-state index is -0.176. The number of hydrogen-bond acceptors (Lipinski definition) is 4. The number of carbonyl (C=O) groups is 1. The normalized spacial score (nSPS) is 11.1. The van der Waals surface area contributed by atoms with Gasteiger partial charge in [0.05, 0.1) is 6.54 Å². The second-order valence-electron chi connectivity index (χ2n) is 5.58. The number of aromatic nitrogens is 1. The molecule has 2 N–H and O–H groups in total. The summed E-state index contributed by atoms with van der Waals surface area (Å²) in [5.74, 6) is 0. The molecule has 23 heavy (non-hydrogen) atoms. The van der Waals surface area contributed by atoms with Gasteiger partial charge in [0.15, 0.2) is 5.58 Å². The Kier molecular flexibility index (Phi) is 6.87. The minimum Gasteiger partial charge on any atom is -0.356 e. The van der Waals surface area contributed by atoms with Gasteiger partial charge in [-0.15, -0.1) is 0 Å². The molecule has 0 aliphatic rings. The summed E-state index contributed by atoms with van der Waals surface area (Å²) in [6.07, 6.45) is 2.26. The average molecular weight is 318 g/mol. The molecule has 2 amide bonds. The fourth-order valence-corrected chi connectivity index (χ4v) is 2.59. The molecule has 6 nitrogen and oxygen atoms in total. The van der Waals surface area contributed by atoms with Gasteiger partial charge in [-0.05, 0) is 38.1 Å². The quantitative estimate of drug-likeness (QED) is 0.746. The second kappa shape index (κ2) is 9.15. The minimum absolute atomic E-state index is 0.176. The third-order valence-corrected chi connectivity index (χ3v) is 3.66. The number of para-hydroxylation sites is 1. The van der Waals surface area contributed by atoms with Gasteiger partial charge in [-0.1, -0.05) is 31.1 Å². The van der Waals surface area contributed by atoms with Crippen LogP contribution in [0.25, 0.3) is 11.0 Å². The van der Waals surface area contributed by atoms with Gasteiger partial charge in [0.2, 0.25) is 0 Å². The molecule has 126 valence electrons. The van der Waals surface area contributed by atoms with Gasteiger partial charge in [-0.3, -0.25) is 0 Å².